The molecule has 3 fully saturated rings. The van der Waals surface area contributed by atoms with Gasteiger partial charge in [0.05, 0.1) is 5.75 Å². The second-order valence-corrected chi connectivity index (χ2v) is 11.3. The van der Waals surface area contributed by atoms with Crippen molar-refractivity contribution >= 4 is 15.8 Å². The average Bonchev–Trinajstić information content (AvgIpc) is 3.38. The molecule has 0 spiro atoms. The molecule has 28 heavy (non-hydrogen) atoms. The number of carbonyl (C=O) groups is 1. The summed E-state index contributed by atoms with van der Waals surface area (Å²) in [6.45, 7) is 5.39. The molecule has 0 N–H and O–H groups in total. The van der Waals surface area contributed by atoms with Gasteiger partial charge in [0.2, 0.25) is 16.8 Å². The van der Waals surface area contributed by atoms with Gasteiger partial charge in [-0.2, -0.15) is 0 Å². The number of hydrogen-bond acceptors (Lipinski definition) is 5. The van der Waals surface area contributed by atoms with Gasteiger partial charge in [-0.3, -0.25) is 4.79 Å². The summed E-state index contributed by atoms with van der Waals surface area (Å²) in [6, 6.07) is 5.86. The number of carbonyl (C=O) groups excluding carboxylic acids is 1. The van der Waals surface area contributed by atoms with E-state index in [0.29, 0.717) is 31.8 Å². The third-order valence-electron chi connectivity index (χ3n) is 7.98. The first-order valence-electron chi connectivity index (χ1n) is 10.1. The van der Waals surface area contributed by atoms with Gasteiger partial charge in [0.25, 0.3) is 0 Å². The molecule has 2 aliphatic heterocycles. The molecule has 0 amide bonds. The van der Waals surface area contributed by atoms with Crippen LogP contribution in [0, 0.1) is 16.7 Å². The summed E-state index contributed by atoms with van der Waals surface area (Å²) >= 11 is 0. The van der Waals surface area contributed by atoms with E-state index in [0.717, 1.165) is 29.9 Å². The van der Waals surface area contributed by atoms with E-state index >= 15 is 0 Å². The van der Waals surface area contributed by atoms with Crippen LogP contribution < -0.4 is 9.47 Å². The fourth-order valence-corrected chi connectivity index (χ4v) is 8.20. The van der Waals surface area contributed by atoms with Crippen LogP contribution in [0.2, 0.25) is 0 Å². The fourth-order valence-electron chi connectivity index (χ4n) is 5.93. The molecular formula is C21H27NO5S. The second-order valence-electron chi connectivity index (χ2n) is 9.38. The van der Waals surface area contributed by atoms with Gasteiger partial charge < -0.3 is 9.47 Å². The Morgan fingerprint density at radius 2 is 1.96 bits per heavy atom. The summed E-state index contributed by atoms with van der Waals surface area (Å²) in [6.07, 6.45) is 3.00. The third-order valence-corrected chi connectivity index (χ3v) is 9.96. The maximum Gasteiger partial charge on any atom is 0.231 e. The Bertz CT molecular complexity index is 940. The Kier molecular flexibility index (Phi) is 3.92. The van der Waals surface area contributed by atoms with Crippen molar-refractivity contribution in [1.82, 2.24) is 4.31 Å². The molecule has 1 saturated heterocycles. The molecular weight excluding hydrogens is 378 g/mol. The summed E-state index contributed by atoms with van der Waals surface area (Å²) in [5.74, 6) is 2.07. The summed E-state index contributed by atoms with van der Waals surface area (Å²) < 4.78 is 39.0. The Balaban J connectivity index is 1.35. The topological polar surface area (TPSA) is 72.9 Å². The van der Waals surface area contributed by atoms with Gasteiger partial charge in [0, 0.05) is 24.9 Å². The smallest absolute Gasteiger partial charge is 0.231 e. The lowest BCUT2D eigenvalue weighted by Gasteiger charge is -2.37. The molecule has 1 aromatic carbocycles. The zero-order valence-corrected chi connectivity index (χ0v) is 17.3. The van der Waals surface area contributed by atoms with E-state index in [1.807, 2.05) is 18.2 Å². The second kappa shape index (κ2) is 5.95. The number of Topliss-reactive ketones (excluding diaryl/α,β-unsaturated/α-hetero) is 1. The van der Waals surface area contributed by atoms with Crippen molar-refractivity contribution < 1.29 is 22.7 Å². The SMILES string of the molecule is CC1(C)[C@H]2CC[C@@]1(CS(=O)(=O)N1CC[C@H](c3ccc4c(c3)OCO4)C1)C(=O)C2. The number of rotatable bonds is 4. The molecule has 2 bridgehead atoms. The lowest BCUT2D eigenvalue weighted by atomic mass is 9.70. The van der Waals surface area contributed by atoms with Crippen LogP contribution in [-0.2, 0) is 14.8 Å². The number of sulfonamides is 1. The highest BCUT2D eigenvalue weighted by atomic mass is 32.2. The van der Waals surface area contributed by atoms with Crippen LogP contribution in [-0.4, -0.2) is 44.1 Å². The Labute approximate surface area is 166 Å². The number of ketones is 1. The normalized spacial score (nSPS) is 33.7. The summed E-state index contributed by atoms with van der Waals surface area (Å²) in [7, 11) is -3.49. The minimum Gasteiger partial charge on any atom is -0.454 e. The minimum absolute atomic E-state index is 0.0316. The van der Waals surface area contributed by atoms with E-state index in [1.54, 1.807) is 4.31 Å². The van der Waals surface area contributed by atoms with Gasteiger partial charge in [0.15, 0.2) is 11.5 Å². The van der Waals surface area contributed by atoms with Crippen molar-refractivity contribution in [3.05, 3.63) is 23.8 Å². The number of fused-ring (bicyclic) bond motifs is 3. The number of benzene rings is 1. The average molecular weight is 406 g/mol. The fraction of sp³-hybridized carbons (Fsp3) is 0.667. The van der Waals surface area contributed by atoms with Crippen molar-refractivity contribution in [2.75, 3.05) is 25.6 Å². The van der Waals surface area contributed by atoms with E-state index < -0.39 is 15.4 Å². The van der Waals surface area contributed by atoms with Gasteiger partial charge in [-0.1, -0.05) is 19.9 Å². The van der Waals surface area contributed by atoms with Crippen LogP contribution >= 0.6 is 0 Å². The van der Waals surface area contributed by atoms with Gasteiger partial charge in [-0.15, -0.1) is 0 Å². The number of nitrogens with zero attached hydrogens (tertiary/aromatic N) is 1. The minimum atomic E-state index is -3.49. The maximum absolute atomic E-state index is 13.3. The molecule has 2 aliphatic carbocycles. The third kappa shape index (κ3) is 2.48. The van der Waals surface area contributed by atoms with Crippen LogP contribution in [0.5, 0.6) is 11.5 Å². The standard InChI is InChI=1S/C21H27NO5S/c1-20(2)16-5-7-21(20,19(23)10-16)12-28(24,25)22-8-6-15(11-22)14-3-4-17-18(9-14)27-13-26-17/h3-4,9,15-16H,5-8,10-13H2,1-2H3/t15-,16-,21+/m0/s1. The Morgan fingerprint density at radius 3 is 2.68 bits per heavy atom. The highest BCUT2D eigenvalue weighted by Gasteiger charge is 2.65. The van der Waals surface area contributed by atoms with Crippen LogP contribution in [0.15, 0.2) is 18.2 Å². The highest BCUT2D eigenvalue weighted by Crippen LogP contribution is 2.64. The molecule has 0 unspecified atom stereocenters. The molecule has 2 heterocycles. The quantitative estimate of drug-likeness (QED) is 0.770. The summed E-state index contributed by atoms with van der Waals surface area (Å²) in [4.78, 5) is 12.8. The van der Waals surface area contributed by atoms with Crippen LogP contribution in [0.25, 0.3) is 0 Å². The number of hydrogen-bond donors (Lipinski definition) is 0. The van der Waals surface area contributed by atoms with Crippen molar-refractivity contribution in [2.24, 2.45) is 16.7 Å². The van der Waals surface area contributed by atoms with Crippen molar-refractivity contribution in [2.45, 2.75) is 45.4 Å². The van der Waals surface area contributed by atoms with Crippen molar-refractivity contribution in [3.8, 4) is 11.5 Å². The molecule has 152 valence electrons. The molecule has 0 radical (unpaired) electrons. The van der Waals surface area contributed by atoms with Crippen LogP contribution in [0.1, 0.15) is 51.0 Å². The van der Waals surface area contributed by atoms with Crippen molar-refractivity contribution in [3.63, 3.8) is 0 Å². The van der Waals surface area contributed by atoms with E-state index in [9.17, 15) is 13.2 Å². The van der Waals surface area contributed by atoms with Gasteiger partial charge >= 0.3 is 0 Å². The van der Waals surface area contributed by atoms with Crippen LogP contribution in [0.3, 0.4) is 0 Å². The summed E-state index contributed by atoms with van der Waals surface area (Å²) in [5, 5.41) is 0. The zero-order valence-electron chi connectivity index (χ0n) is 16.4. The Hall–Kier alpha value is -1.60. The van der Waals surface area contributed by atoms with Crippen LogP contribution in [0.4, 0.5) is 0 Å². The van der Waals surface area contributed by atoms with E-state index in [1.165, 1.54) is 0 Å². The molecule has 6 nitrogen and oxygen atoms in total. The largest absolute Gasteiger partial charge is 0.454 e. The zero-order chi connectivity index (χ0) is 19.7. The predicted molar refractivity (Wildman–Crippen MR) is 104 cm³/mol. The van der Waals surface area contributed by atoms with Gasteiger partial charge in [-0.05, 0) is 54.2 Å². The van der Waals surface area contributed by atoms with E-state index in [4.69, 9.17) is 9.47 Å². The van der Waals surface area contributed by atoms with Gasteiger partial charge in [-0.25, -0.2) is 12.7 Å². The molecule has 0 aromatic heterocycles. The maximum atomic E-state index is 13.3. The number of ether oxygens (including phenoxy) is 2. The van der Waals surface area contributed by atoms with Gasteiger partial charge in [0.1, 0.15) is 5.78 Å². The monoisotopic (exact) mass is 405 g/mol. The molecule has 2 saturated carbocycles. The first kappa shape index (κ1) is 18.4. The van der Waals surface area contributed by atoms with E-state index in [2.05, 4.69) is 13.8 Å². The molecule has 5 rings (SSSR count). The molecule has 4 aliphatic rings. The summed E-state index contributed by atoms with van der Waals surface area (Å²) in [5.41, 5.74) is 0.152. The Morgan fingerprint density at radius 1 is 1.18 bits per heavy atom. The van der Waals surface area contributed by atoms with Crippen molar-refractivity contribution in [1.29, 1.82) is 0 Å². The van der Waals surface area contributed by atoms with E-state index in [-0.39, 0.29) is 29.7 Å². The molecule has 3 atom stereocenters. The first-order chi connectivity index (χ1) is 13.2. The molecule has 1 aromatic rings. The lowest BCUT2D eigenvalue weighted by molar-refractivity contribution is -0.128. The lowest BCUT2D eigenvalue weighted by Crippen LogP contribution is -2.46. The highest BCUT2D eigenvalue weighted by molar-refractivity contribution is 7.89. The molecule has 7 heteroatoms. The first-order valence-corrected chi connectivity index (χ1v) is 11.7. The predicted octanol–water partition coefficient (Wildman–Crippen LogP) is 2.93.